The molecule has 0 aliphatic carbocycles. The molecule has 0 bridgehead atoms. The number of nitrogens with zero attached hydrogens (tertiary/aromatic N) is 4. The van der Waals surface area contributed by atoms with Crippen molar-refractivity contribution in [1.29, 1.82) is 0 Å². The predicted octanol–water partition coefficient (Wildman–Crippen LogP) is 2.22. The highest BCUT2D eigenvalue weighted by Gasteiger charge is 2.16. The Hall–Kier alpha value is -1.36. The third-order valence-corrected chi connectivity index (χ3v) is 2.76. The van der Waals surface area contributed by atoms with Crippen LogP contribution in [0.25, 0.3) is 5.78 Å². The van der Waals surface area contributed by atoms with Gasteiger partial charge < -0.3 is 4.74 Å². The van der Waals surface area contributed by atoms with Crippen molar-refractivity contribution in [2.75, 3.05) is 7.11 Å². The Kier molecular flexibility index (Phi) is 2.71. The third-order valence-electron chi connectivity index (χ3n) is 2.40. The summed E-state index contributed by atoms with van der Waals surface area (Å²) in [6.45, 7) is 6.05. The molecular weight excluding hydrogens is 228 g/mol. The molecule has 5 nitrogen and oxygen atoms in total. The van der Waals surface area contributed by atoms with Gasteiger partial charge in [0.25, 0.3) is 5.78 Å². The van der Waals surface area contributed by atoms with Crippen LogP contribution in [0.15, 0.2) is 0 Å². The Labute approximate surface area is 98.4 Å². The highest BCUT2D eigenvalue weighted by molar-refractivity contribution is 6.30. The number of ether oxygens (including phenoxy) is 1. The molecule has 6 heteroatoms. The van der Waals surface area contributed by atoms with Crippen LogP contribution in [0.5, 0.6) is 6.01 Å². The fourth-order valence-corrected chi connectivity index (χ4v) is 2.17. The summed E-state index contributed by atoms with van der Waals surface area (Å²) in [4.78, 5) is 8.44. The summed E-state index contributed by atoms with van der Waals surface area (Å²) in [5.74, 6) is 0.753. The smallest absolute Gasteiger partial charge is 0.337 e. The van der Waals surface area contributed by atoms with E-state index in [0.29, 0.717) is 16.8 Å². The van der Waals surface area contributed by atoms with Gasteiger partial charge in [-0.1, -0.05) is 25.4 Å². The summed E-state index contributed by atoms with van der Waals surface area (Å²) in [5, 5.41) is 4.65. The van der Waals surface area contributed by atoms with E-state index in [2.05, 4.69) is 28.9 Å². The SMILES string of the molecule is COc1nc2nc(C)c(C(C)C)c(Cl)n2n1. The average Bonchev–Trinajstić information content (AvgIpc) is 2.60. The quantitative estimate of drug-likeness (QED) is 0.756. The number of rotatable bonds is 2. The van der Waals surface area contributed by atoms with E-state index < -0.39 is 0 Å². The predicted molar refractivity (Wildman–Crippen MR) is 61.2 cm³/mol. The van der Waals surface area contributed by atoms with Crippen LogP contribution in [0.4, 0.5) is 0 Å². The minimum Gasteiger partial charge on any atom is -0.466 e. The second-order valence-electron chi connectivity index (χ2n) is 3.87. The molecule has 2 heterocycles. The molecule has 0 aromatic carbocycles. The molecule has 2 aromatic heterocycles. The van der Waals surface area contributed by atoms with Crippen molar-refractivity contribution in [3.05, 3.63) is 16.4 Å². The molecule has 2 rings (SSSR count). The second kappa shape index (κ2) is 3.90. The lowest BCUT2D eigenvalue weighted by molar-refractivity contribution is 0.380. The zero-order valence-electron chi connectivity index (χ0n) is 9.65. The van der Waals surface area contributed by atoms with Crippen LogP contribution in [0.3, 0.4) is 0 Å². The summed E-state index contributed by atoms with van der Waals surface area (Å²) >= 11 is 6.28. The van der Waals surface area contributed by atoms with Gasteiger partial charge in [-0.25, -0.2) is 4.98 Å². The van der Waals surface area contributed by atoms with Gasteiger partial charge in [0.05, 0.1) is 7.11 Å². The van der Waals surface area contributed by atoms with Crippen molar-refractivity contribution in [2.24, 2.45) is 0 Å². The van der Waals surface area contributed by atoms with Crippen LogP contribution in [0.1, 0.15) is 31.0 Å². The lowest BCUT2D eigenvalue weighted by atomic mass is 10.0. The van der Waals surface area contributed by atoms with Crippen molar-refractivity contribution in [2.45, 2.75) is 26.7 Å². The van der Waals surface area contributed by atoms with E-state index in [0.717, 1.165) is 11.3 Å². The number of aromatic nitrogens is 4. The Morgan fingerprint density at radius 2 is 2.00 bits per heavy atom. The van der Waals surface area contributed by atoms with E-state index in [1.807, 2.05) is 6.92 Å². The summed E-state index contributed by atoms with van der Waals surface area (Å²) in [6, 6.07) is 0.273. The summed E-state index contributed by atoms with van der Waals surface area (Å²) in [7, 11) is 1.51. The van der Waals surface area contributed by atoms with Gasteiger partial charge in [-0.05, 0) is 12.8 Å². The van der Waals surface area contributed by atoms with Crippen LogP contribution in [-0.4, -0.2) is 26.7 Å². The van der Waals surface area contributed by atoms with Gasteiger partial charge >= 0.3 is 6.01 Å². The molecule has 0 aliphatic rings. The minimum atomic E-state index is 0.273. The Bertz CT molecular complexity index is 535. The minimum absolute atomic E-state index is 0.273. The van der Waals surface area contributed by atoms with Crippen molar-refractivity contribution < 1.29 is 4.74 Å². The fourth-order valence-electron chi connectivity index (χ4n) is 1.71. The summed E-state index contributed by atoms with van der Waals surface area (Å²) < 4.78 is 6.46. The Morgan fingerprint density at radius 3 is 2.56 bits per heavy atom. The molecule has 0 saturated carbocycles. The van der Waals surface area contributed by atoms with Gasteiger partial charge in [0.1, 0.15) is 5.15 Å². The molecule has 86 valence electrons. The molecule has 0 aliphatic heterocycles. The fraction of sp³-hybridized carbons (Fsp3) is 0.500. The number of hydrogen-bond acceptors (Lipinski definition) is 4. The van der Waals surface area contributed by atoms with E-state index in [-0.39, 0.29) is 6.01 Å². The zero-order valence-corrected chi connectivity index (χ0v) is 10.4. The number of fused-ring (bicyclic) bond motifs is 1. The third kappa shape index (κ3) is 1.61. The average molecular weight is 241 g/mol. The Balaban J connectivity index is 2.76. The summed E-state index contributed by atoms with van der Waals surface area (Å²) in [5.41, 5.74) is 1.87. The second-order valence-corrected chi connectivity index (χ2v) is 4.22. The molecule has 0 N–H and O–H groups in total. The van der Waals surface area contributed by atoms with E-state index in [4.69, 9.17) is 16.3 Å². The number of methoxy groups -OCH3 is 1. The highest BCUT2D eigenvalue weighted by Crippen LogP contribution is 2.27. The standard InChI is InChI=1S/C10H13ClN4O/c1-5(2)7-6(3)12-9-13-10(16-4)14-15(9)8(7)11/h5H,1-4H3. The van der Waals surface area contributed by atoms with Gasteiger partial charge in [0.2, 0.25) is 0 Å². The molecule has 0 spiro atoms. The van der Waals surface area contributed by atoms with Crippen molar-refractivity contribution in [3.8, 4) is 6.01 Å². The highest BCUT2D eigenvalue weighted by atomic mass is 35.5. The lowest BCUT2D eigenvalue weighted by Crippen LogP contribution is -2.04. The number of hydrogen-bond donors (Lipinski definition) is 0. The van der Waals surface area contributed by atoms with Crippen LogP contribution < -0.4 is 4.74 Å². The molecule has 16 heavy (non-hydrogen) atoms. The van der Waals surface area contributed by atoms with Crippen molar-refractivity contribution in [1.82, 2.24) is 19.6 Å². The first-order valence-electron chi connectivity index (χ1n) is 5.01. The molecule has 0 saturated heterocycles. The topological polar surface area (TPSA) is 52.3 Å². The van der Waals surface area contributed by atoms with Crippen LogP contribution >= 0.6 is 11.6 Å². The normalized spacial score (nSPS) is 11.4. The molecule has 2 aromatic rings. The maximum Gasteiger partial charge on any atom is 0.337 e. The van der Waals surface area contributed by atoms with Crippen molar-refractivity contribution >= 4 is 17.4 Å². The Morgan fingerprint density at radius 1 is 1.31 bits per heavy atom. The van der Waals surface area contributed by atoms with E-state index in [9.17, 15) is 0 Å². The molecule has 0 unspecified atom stereocenters. The van der Waals surface area contributed by atoms with E-state index in [1.165, 1.54) is 11.6 Å². The molecule has 0 fully saturated rings. The number of aryl methyl sites for hydroxylation is 1. The maximum atomic E-state index is 6.28. The lowest BCUT2D eigenvalue weighted by Gasteiger charge is -2.11. The van der Waals surface area contributed by atoms with Gasteiger partial charge in [0.15, 0.2) is 0 Å². The van der Waals surface area contributed by atoms with E-state index >= 15 is 0 Å². The number of halogens is 1. The van der Waals surface area contributed by atoms with Gasteiger partial charge in [-0.3, -0.25) is 0 Å². The van der Waals surface area contributed by atoms with Gasteiger partial charge in [-0.2, -0.15) is 9.50 Å². The molecular formula is C10H13ClN4O. The first-order valence-corrected chi connectivity index (χ1v) is 5.39. The monoisotopic (exact) mass is 240 g/mol. The van der Waals surface area contributed by atoms with E-state index in [1.54, 1.807) is 0 Å². The maximum absolute atomic E-state index is 6.28. The van der Waals surface area contributed by atoms with Crippen LogP contribution in [0, 0.1) is 6.92 Å². The van der Waals surface area contributed by atoms with Crippen LogP contribution in [-0.2, 0) is 0 Å². The zero-order chi connectivity index (χ0) is 11.9. The van der Waals surface area contributed by atoms with Gasteiger partial charge in [0, 0.05) is 11.3 Å². The first kappa shape index (κ1) is 11.1. The summed E-state index contributed by atoms with van der Waals surface area (Å²) in [6.07, 6.45) is 0. The van der Waals surface area contributed by atoms with Crippen molar-refractivity contribution in [3.63, 3.8) is 0 Å². The molecule has 0 atom stereocenters. The van der Waals surface area contributed by atoms with Crippen LogP contribution in [0.2, 0.25) is 5.15 Å². The molecule has 0 amide bonds. The first-order chi connectivity index (χ1) is 7.54. The van der Waals surface area contributed by atoms with Gasteiger partial charge in [-0.15, -0.1) is 5.10 Å². The molecule has 0 radical (unpaired) electrons. The largest absolute Gasteiger partial charge is 0.466 e.